The smallest absolute Gasteiger partial charge is 0.342 e. The van der Waals surface area contributed by atoms with Gasteiger partial charge in [0.05, 0.1) is 11.1 Å². The number of phenols is 1. The molecule has 3 N–H and O–H groups in total. The molecular formula is C25H27Cl2NO6. The number of benzene rings is 2. The third-order valence-corrected chi connectivity index (χ3v) is 7.85. The van der Waals surface area contributed by atoms with Crippen LogP contribution in [0.1, 0.15) is 56.0 Å². The SMILES string of the molecule is CC(=O)Oc1ccc(NCc2cc(Cl)cc(Cl)c2O)cc1C(=O)OC12CCC(CC1O)C2(C)C. The van der Waals surface area contributed by atoms with Gasteiger partial charge in [-0.3, -0.25) is 4.79 Å². The minimum absolute atomic E-state index is 0.0567. The fourth-order valence-electron chi connectivity index (χ4n) is 5.35. The fraction of sp³-hybridized carbons (Fsp3) is 0.440. The van der Waals surface area contributed by atoms with Crippen LogP contribution in [0.15, 0.2) is 30.3 Å². The van der Waals surface area contributed by atoms with Gasteiger partial charge in [-0.05, 0) is 55.5 Å². The number of anilines is 1. The maximum Gasteiger partial charge on any atom is 0.342 e. The average Bonchev–Trinajstić information content (AvgIpc) is 3.10. The molecule has 0 saturated heterocycles. The van der Waals surface area contributed by atoms with Gasteiger partial charge >= 0.3 is 11.9 Å². The van der Waals surface area contributed by atoms with Gasteiger partial charge < -0.3 is 25.0 Å². The highest BCUT2D eigenvalue weighted by molar-refractivity contribution is 6.35. The van der Waals surface area contributed by atoms with Crippen molar-refractivity contribution in [3.05, 3.63) is 51.5 Å². The number of fused-ring (bicyclic) bond motifs is 2. The molecule has 0 heterocycles. The Morgan fingerprint density at radius 3 is 2.56 bits per heavy atom. The lowest BCUT2D eigenvalue weighted by Gasteiger charge is -2.39. The predicted molar refractivity (Wildman–Crippen MR) is 128 cm³/mol. The lowest BCUT2D eigenvalue weighted by molar-refractivity contribution is -0.132. The summed E-state index contributed by atoms with van der Waals surface area (Å²) in [5.41, 5.74) is -0.317. The number of hydrogen-bond donors (Lipinski definition) is 3. The molecule has 0 amide bonds. The Morgan fingerprint density at radius 2 is 1.94 bits per heavy atom. The van der Waals surface area contributed by atoms with Crippen LogP contribution in [0, 0.1) is 11.3 Å². The summed E-state index contributed by atoms with van der Waals surface area (Å²) in [5, 5.41) is 24.5. The number of aliphatic hydroxyl groups excluding tert-OH is 1. The molecule has 7 nitrogen and oxygen atoms in total. The molecule has 0 aromatic heterocycles. The zero-order valence-electron chi connectivity index (χ0n) is 19.2. The number of carbonyl (C=O) groups is 2. The van der Waals surface area contributed by atoms with E-state index < -0.39 is 23.6 Å². The van der Waals surface area contributed by atoms with Crippen LogP contribution in [0.4, 0.5) is 5.69 Å². The van der Waals surface area contributed by atoms with Gasteiger partial charge in [0.25, 0.3) is 0 Å². The molecule has 9 heteroatoms. The van der Waals surface area contributed by atoms with Crippen LogP contribution in [0.2, 0.25) is 10.0 Å². The van der Waals surface area contributed by atoms with Crippen molar-refractivity contribution in [1.29, 1.82) is 0 Å². The van der Waals surface area contributed by atoms with Gasteiger partial charge in [0.2, 0.25) is 0 Å². The van der Waals surface area contributed by atoms with Gasteiger partial charge in [-0.2, -0.15) is 0 Å². The highest BCUT2D eigenvalue weighted by Crippen LogP contribution is 2.62. The van der Waals surface area contributed by atoms with E-state index >= 15 is 0 Å². The van der Waals surface area contributed by atoms with Crippen molar-refractivity contribution < 1.29 is 29.3 Å². The third-order valence-electron chi connectivity index (χ3n) is 7.34. The van der Waals surface area contributed by atoms with Gasteiger partial charge in [-0.25, -0.2) is 4.79 Å². The van der Waals surface area contributed by atoms with Gasteiger partial charge in [0.15, 0.2) is 0 Å². The molecule has 0 spiro atoms. The molecule has 2 aromatic carbocycles. The second-order valence-electron chi connectivity index (χ2n) is 9.54. The van der Waals surface area contributed by atoms with E-state index in [1.165, 1.54) is 25.1 Å². The zero-order chi connectivity index (χ0) is 24.8. The van der Waals surface area contributed by atoms with Gasteiger partial charge in [0.1, 0.15) is 22.7 Å². The first-order chi connectivity index (χ1) is 15.9. The topological polar surface area (TPSA) is 105 Å². The number of esters is 2. The number of rotatable bonds is 6. The number of phenolic OH excluding ortho intramolecular Hbond substituents is 1. The number of aromatic hydroxyl groups is 1. The average molecular weight is 508 g/mol. The van der Waals surface area contributed by atoms with Crippen molar-refractivity contribution in [2.45, 2.75) is 58.3 Å². The van der Waals surface area contributed by atoms with E-state index in [0.717, 1.165) is 6.42 Å². The maximum atomic E-state index is 13.4. The molecule has 2 saturated carbocycles. The molecule has 0 radical (unpaired) electrons. The van der Waals surface area contributed by atoms with Crippen LogP contribution in [0.25, 0.3) is 0 Å². The summed E-state index contributed by atoms with van der Waals surface area (Å²) < 4.78 is 11.3. The molecule has 2 bridgehead atoms. The Kier molecular flexibility index (Phi) is 6.48. The summed E-state index contributed by atoms with van der Waals surface area (Å²) in [5.74, 6) is -1.01. The van der Waals surface area contributed by atoms with E-state index in [-0.39, 0.29) is 40.0 Å². The number of halogens is 2. The first kappa shape index (κ1) is 24.6. The number of aliphatic hydroxyl groups is 1. The van der Waals surface area contributed by atoms with E-state index in [2.05, 4.69) is 5.32 Å². The summed E-state index contributed by atoms with van der Waals surface area (Å²) in [4.78, 5) is 25.0. The van der Waals surface area contributed by atoms with E-state index in [0.29, 0.717) is 29.1 Å². The number of hydrogen-bond acceptors (Lipinski definition) is 7. The number of nitrogens with one attached hydrogen (secondary N) is 1. The number of carbonyl (C=O) groups excluding carboxylic acids is 2. The first-order valence-corrected chi connectivity index (χ1v) is 11.8. The van der Waals surface area contributed by atoms with Crippen LogP contribution in [0.5, 0.6) is 11.5 Å². The summed E-state index contributed by atoms with van der Waals surface area (Å²) in [7, 11) is 0. The molecule has 3 atom stereocenters. The Morgan fingerprint density at radius 1 is 1.21 bits per heavy atom. The minimum Gasteiger partial charge on any atom is -0.506 e. The molecule has 2 aliphatic rings. The highest BCUT2D eigenvalue weighted by Gasteiger charge is 2.66. The van der Waals surface area contributed by atoms with Crippen LogP contribution in [-0.2, 0) is 16.1 Å². The third kappa shape index (κ3) is 4.21. The van der Waals surface area contributed by atoms with Crippen molar-refractivity contribution >= 4 is 40.8 Å². The lowest BCUT2D eigenvalue weighted by Crippen LogP contribution is -2.49. The molecule has 2 aliphatic carbocycles. The largest absolute Gasteiger partial charge is 0.506 e. The van der Waals surface area contributed by atoms with E-state index in [1.54, 1.807) is 12.1 Å². The lowest BCUT2D eigenvalue weighted by atomic mass is 9.78. The molecule has 0 aliphatic heterocycles. The van der Waals surface area contributed by atoms with Crippen LogP contribution in [0.3, 0.4) is 0 Å². The summed E-state index contributed by atoms with van der Waals surface area (Å²) in [6.07, 6.45) is 1.29. The van der Waals surface area contributed by atoms with Crippen molar-refractivity contribution in [1.82, 2.24) is 0 Å². The highest BCUT2D eigenvalue weighted by atomic mass is 35.5. The maximum absolute atomic E-state index is 13.4. The summed E-state index contributed by atoms with van der Waals surface area (Å²) in [6.45, 7) is 5.45. The van der Waals surface area contributed by atoms with Gasteiger partial charge in [-0.15, -0.1) is 0 Å². The number of ether oxygens (including phenoxy) is 2. The van der Waals surface area contributed by atoms with Crippen LogP contribution >= 0.6 is 23.2 Å². The van der Waals surface area contributed by atoms with Crippen LogP contribution in [-0.4, -0.2) is 33.9 Å². The summed E-state index contributed by atoms with van der Waals surface area (Å²) >= 11 is 12.0. The van der Waals surface area contributed by atoms with Crippen LogP contribution < -0.4 is 10.1 Å². The second-order valence-corrected chi connectivity index (χ2v) is 10.4. The Hall–Kier alpha value is -2.48. The molecule has 3 unspecified atom stereocenters. The quantitative estimate of drug-likeness (QED) is 0.358. The molecule has 182 valence electrons. The molecule has 34 heavy (non-hydrogen) atoms. The zero-order valence-corrected chi connectivity index (χ0v) is 20.7. The van der Waals surface area contributed by atoms with Crippen molar-refractivity contribution in [3.8, 4) is 11.5 Å². The standard InChI is InChI=1S/C25H27Cl2NO6/c1-13(29)33-20-5-4-17(28-12-14-8-16(26)10-19(27)22(14)31)11-18(20)23(32)34-25-7-6-15(9-21(25)30)24(25,2)3/h4-5,8,10-11,15,21,28,30-31H,6-7,9,12H2,1-3H3. The molecule has 2 fully saturated rings. The van der Waals surface area contributed by atoms with E-state index in [1.807, 2.05) is 13.8 Å². The Balaban J connectivity index is 1.61. The Bertz CT molecular complexity index is 1150. The van der Waals surface area contributed by atoms with Crippen molar-refractivity contribution in [2.24, 2.45) is 11.3 Å². The Labute approximate surface area is 208 Å². The van der Waals surface area contributed by atoms with E-state index in [9.17, 15) is 19.8 Å². The summed E-state index contributed by atoms with van der Waals surface area (Å²) in [6, 6.07) is 7.67. The first-order valence-electron chi connectivity index (χ1n) is 11.1. The minimum atomic E-state index is -0.991. The van der Waals surface area contributed by atoms with Gasteiger partial charge in [-0.1, -0.05) is 37.0 Å². The van der Waals surface area contributed by atoms with Gasteiger partial charge in [0, 0.05) is 35.2 Å². The van der Waals surface area contributed by atoms with Crippen molar-refractivity contribution in [3.63, 3.8) is 0 Å². The second kappa shape index (κ2) is 8.95. The van der Waals surface area contributed by atoms with E-state index in [4.69, 9.17) is 32.7 Å². The normalized spacial score (nSPS) is 24.6. The predicted octanol–water partition coefficient (Wildman–Crippen LogP) is 5.33. The molecule has 2 aromatic rings. The van der Waals surface area contributed by atoms with Crippen molar-refractivity contribution in [2.75, 3.05) is 5.32 Å². The molecule has 4 rings (SSSR count). The fourth-order valence-corrected chi connectivity index (χ4v) is 5.89. The monoisotopic (exact) mass is 507 g/mol. The molecular weight excluding hydrogens is 481 g/mol.